The number of carbonyl (C=O) groups excluding carboxylic acids is 1. The molecule has 1 aromatic carbocycles. The van der Waals surface area contributed by atoms with Crippen molar-refractivity contribution < 1.29 is 9.72 Å². The number of hydrogen-bond acceptors (Lipinski definition) is 4. The molecule has 1 saturated carbocycles. The van der Waals surface area contributed by atoms with Crippen molar-refractivity contribution in [3.05, 3.63) is 56.9 Å². The average molecular weight is 356 g/mol. The molecule has 1 aliphatic rings. The van der Waals surface area contributed by atoms with Gasteiger partial charge >= 0.3 is 5.69 Å². The van der Waals surface area contributed by atoms with Gasteiger partial charge in [0.25, 0.3) is 5.91 Å². The predicted octanol–water partition coefficient (Wildman–Crippen LogP) is 3.52. The summed E-state index contributed by atoms with van der Waals surface area (Å²) in [4.78, 5) is 23.1. The summed E-state index contributed by atoms with van der Waals surface area (Å²) < 4.78 is 1.63. The van der Waals surface area contributed by atoms with E-state index in [1.54, 1.807) is 30.7 Å². The van der Waals surface area contributed by atoms with Crippen molar-refractivity contribution in [3.63, 3.8) is 0 Å². The maximum absolute atomic E-state index is 12.4. The van der Waals surface area contributed by atoms with Crippen molar-refractivity contribution in [2.75, 3.05) is 0 Å². The van der Waals surface area contributed by atoms with Crippen LogP contribution in [0.2, 0.25) is 0 Å². The molecule has 1 N–H and O–H groups in total. The smallest absolute Gasteiger partial charge is 0.312 e. The van der Waals surface area contributed by atoms with Crippen LogP contribution in [-0.4, -0.2) is 26.7 Å². The molecule has 0 saturated heterocycles. The molecule has 2 aromatic rings. The molecule has 0 atom stereocenters. The van der Waals surface area contributed by atoms with Gasteiger partial charge in [0, 0.05) is 11.6 Å². The first-order valence-electron chi connectivity index (χ1n) is 9.04. The highest BCUT2D eigenvalue weighted by molar-refractivity contribution is 5.94. The Morgan fingerprint density at radius 2 is 1.88 bits per heavy atom. The molecule has 1 aliphatic carbocycles. The van der Waals surface area contributed by atoms with Gasteiger partial charge in [-0.2, -0.15) is 5.10 Å². The molecule has 0 aliphatic heterocycles. The van der Waals surface area contributed by atoms with Crippen molar-refractivity contribution in [3.8, 4) is 0 Å². The predicted molar refractivity (Wildman–Crippen MR) is 98.2 cm³/mol. The van der Waals surface area contributed by atoms with E-state index in [9.17, 15) is 14.9 Å². The second kappa shape index (κ2) is 7.68. The molecular weight excluding hydrogens is 332 g/mol. The molecule has 26 heavy (non-hydrogen) atoms. The molecule has 1 amide bonds. The fraction of sp³-hybridized carbons (Fsp3) is 0.474. The van der Waals surface area contributed by atoms with Crippen LogP contribution in [0.5, 0.6) is 0 Å². The lowest BCUT2D eigenvalue weighted by Crippen LogP contribution is -2.36. The Morgan fingerprint density at radius 3 is 2.46 bits per heavy atom. The number of amides is 1. The number of nitro groups is 1. The molecule has 1 heterocycles. The fourth-order valence-electron chi connectivity index (χ4n) is 3.56. The van der Waals surface area contributed by atoms with Gasteiger partial charge in [-0.3, -0.25) is 19.6 Å². The Kier molecular flexibility index (Phi) is 5.35. The Bertz CT molecular complexity index is 805. The van der Waals surface area contributed by atoms with E-state index in [2.05, 4.69) is 10.4 Å². The van der Waals surface area contributed by atoms with Gasteiger partial charge < -0.3 is 5.32 Å². The van der Waals surface area contributed by atoms with Crippen LogP contribution in [0.15, 0.2) is 24.3 Å². The van der Waals surface area contributed by atoms with Crippen molar-refractivity contribution in [1.82, 2.24) is 15.1 Å². The van der Waals surface area contributed by atoms with Crippen LogP contribution >= 0.6 is 0 Å². The summed E-state index contributed by atoms with van der Waals surface area (Å²) in [7, 11) is 0. The Morgan fingerprint density at radius 1 is 1.23 bits per heavy atom. The molecule has 1 aromatic heterocycles. The maximum atomic E-state index is 12.4. The van der Waals surface area contributed by atoms with E-state index in [4.69, 9.17) is 0 Å². The molecule has 0 unspecified atom stereocenters. The summed E-state index contributed by atoms with van der Waals surface area (Å²) in [6, 6.07) is 7.63. The van der Waals surface area contributed by atoms with Crippen LogP contribution in [-0.2, 0) is 6.54 Å². The summed E-state index contributed by atoms with van der Waals surface area (Å²) in [5.74, 6) is -0.0368. The van der Waals surface area contributed by atoms with Gasteiger partial charge in [0.2, 0.25) is 0 Å². The van der Waals surface area contributed by atoms with E-state index < -0.39 is 4.92 Å². The molecule has 1 fully saturated rings. The van der Waals surface area contributed by atoms with E-state index >= 15 is 0 Å². The van der Waals surface area contributed by atoms with Crippen LogP contribution in [0.25, 0.3) is 0 Å². The third-order valence-electron chi connectivity index (χ3n) is 5.01. The first-order chi connectivity index (χ1) is 12.5. The second-order valence-corrected chi connectivity index (χ2v) is 6.94. The minimum absolute atomic E-state index is 0.0368. The number of carbonyl (C=O) groups is 1. The van der Waals surface area contributed by atoms with Gasteiger partial charge in [-0.05, 0) is 44.4 Å². The van der Waals surface area contributed by atoms with Crippen LogP contribution in [0, 0.1) is 24.0 Å². The number of nitrogens with one attached hydrogen (secondary N) is 1. The average Bonchev–Trinajstić information content (AvgIpc) is 2.90. The van der Waals surface area contributed by atoms with E-state index in [1.807, 2.05) is 12.1 Å². The van der Waals surface area contributed by atoms with Gasteiger partial charge in [0.05, 0.1) is 11.5 Å². The highest BCUT2D eigenvalue weighted by atomic mass is 16.6. The third-order valence-corrected chi connectivity index (χ3v) is 5.01. The van der Waals surface area contributed by atoms with Crippen molar-refractivity contribution >= 4 is 11.6 Å². The van der Waals surface area contributed by atoms with Gasteiger partial charge in [0.15, 0.2) is 0 Å². The highest BCUT2D eigenvalue weighted by Crippen LogP contribution is 2.23. The summed E-state index contributed by atoms with van der Waals surface area (Å²) >= 11 is 0. The summed E-state index contributed by atoms with van der Waals surface area (Å²) in [5, 5.41) is 18.5. The first kappa shape index (κ1) is 18.1. The topological polar surface area (TPSA) is 90.1 Å². The third kappa shape index (κ3) is 3.92. The molecule has 0 bridgehead atoms. The number of hydrogen-bond donors (Lipinski definition) is 1. The maximum Gasteiger partial charge on any atom is 0.312 e. The molecular formula is C19H24N4O3. The van der Waals surface area contributed by atoms with Gasteiger partial charge in [-0.1, -0.05) is 31.4 Å². The minimum Gasteiger partial charge on any atom is -0.349 e. The Balaban J connectivity index is 1.67. The Hall–Kier alpha value is -2.70. The molecule has 7 heteroatoms. The van der Waals surface area contributed by atoms with Gasteiger partial charge in [-0.15, -0.1) is 0 Å². The monoisotopic (exact) mass is 356 g/mol. The van der Waals surface area contributed by atoms with E-state index in [1.165, 1.54) is 19.3 Å². The van der Waals surface area contributed by atoms with Crippen molar-refractivity contribution in [2.45, 2.75) is 58.5 Å². The zero-order chi connectivity index (χ0) is 18.7. The quantitative estimate of drug-likeness (QED) is 0.655. The standard InChI is InChI=1S/C19H24N4O3/c1-13-18(23(25)26)14(2)22(21-13)12-15-8-10-16(11-9-15)19(24)20-17-6-4-3-5-7-17/h8-11,17H,3-7,12H2,1-2H3,(H,20,24). The van der Waals surface area contributed by atoms with Crippen molar-refractivity contribution in [2.24, 2.45) is 0 Å². The Labute approximate surface area is 152 Å². The number of aryl methyl sites for hydroxylation is 1. The molecule has 138 valence electrons. The molecule has 0 spiro atoms. The lowest BCUT2D eigenvalue weighted by molar-refractivity contribution is -0.386. The summed E-state index contributed by atoms with van der Waals surface area (Å²) in [5.41, 5.74) is 2.59. The van der Waals surface area contributed by atoms with Gasteiger partial charge in [0.1, 0.15) is 11.4 Å². The fourth-order valence-corrected chi connectivity index (χ4v) is 3.56. The van der Waals surface area contributed by atoms with Crippen LogP contribution in [0.3, 0.4) is 0 Å². The second-order valence-electron chi connectivity index (χ2n) is 6.94. The summed E-state index contributed by atoms with van der Waals surface area (Å²) in [6.07, 6.45) is 5.73. The van der Waals surface area contributed by atoms with Crippen LogP contribution in [0.4, 0.5) is 5.69 Å². The highest BCUT2D eigenvalue weighted by Gasteiger charge is 2.22. The molecule has 7 nitrogen and oxygen atoms in total. The first-order valence-corrected chi connectivity index (χ1v) is 9.04. The molecule has 3 rings (SSSR count). The van der Waals surface area contributed by atoms with Crippen molar-refractivity contribution in [1.29, 1.82) is 0 Å². The van der Waals surface area contributed by atoms with Crippen LogP contribution in [0.1, 0.15) is 59.4 Å². The minimum atomic E-state index is -0.396. The lowest BCUT2D eigenvalue weighted by Gasteiger charge is -2.22. The lowest BCUT2D eigenvalue weighted by atomic mass is 9.95. The SMILES string of the molecule is Cc1nn(Cc2ccc(C(=O)NC3CCCCC3)cc2)c(C)c1[N+](=O)[O-]. The number of rotatable bonds is 5. The van der Waals surface area contributed by atoms with E-state index in [-0.39, 0.29) is 17.6 Å². The zero-order valence-electron chi connectivity index (χ0n) is 15.2. The largest absolute Gasteiger partial charge is 0.349 e. The van der Waals surface area contributed by atoms with Crippen LogP contribution < -0.4 is 5.32 Å². The zero-order valence-corrected chi connectivity index (χ0v) is 15.2. The van der Waals surface area contributed by atoms with Gasteiger partial charge in [-0.25, -0.2) is 0 Å². The van der Waals surface area contributed by atoms with E-state index in [0.29, 0.717) is 23.5 Å². The molecule has 0 radical (unpaired) electrons. The normalized spacial score (nSPS) is 15.0. The summed E-state index contributed by atoms with van der Waals surface area (Å²) in [6.45, 7) is 3.77. The number of aromatic nitrogens is 2. The number of nitrogens with zero attached hydrogens (tertiary/aromatic N) is 3. The number of benzene rings is 1. The van der Waals surface area contributed by atoms with E-state index in [0.717, 1.165) is 18.4 Å².